The number of hydrogen-bond acceptors (Lipinski definition) is 8. The number of nitrogens with one attached hydrogen (secondary N) is 1. The normalized spacial score (nSPS) is 16.6. The first-order chi connectivity index (χ1) is 20.6. The molecule has 1 amide bonds. The Labute approximate surface area is 245 Å². The van der Waals surface area contributed by atoms with E-state index >= 15 is 0 Å². The van der Waals surface area contributed by atoms with E-state index < -0.39 is 0 Å². The molecule has 1 aromatic carbocycles. The number of aromatic nitrogens is 4. The molecular formula is C32H37N7O3. The van der Waals surface area contributed by atoms with Gasteiger partial charge < -0.3 is 19.9 Å². The molecule has 4 aromatic rings. The first kappa shape index (κ1) is 28.9. The maximum atomic E-state index is 13.9. The molecule has 3 aromatic heterocycles. The summed E-state index contributed by atoms with van der Waals surface area (Å²) >= 11 is 0. The molecule has 0 aliphatic carbocycles. The highest BCUT2D eigenvalue weighted by atomic mass is 16.5. The zero-order chi connectivity index (χ0) is 29.5. The average molecular weight is 568 g/mol. The molecule has 0 saturated carbocycles. The highest BCUT2D eigenvalue weighted by Gasteiger charge is 2.26. The molecule has 10 nitrogen and oxygen atoms in total. The molecule has 6 rings (SSSR count). The standard InChI is InChI=1S/C30H31N7O3.C2H6/c1-2-27(38)36-11-10-21(19-36)20-37-28-23(16-25(29(37)39)22-6-4-3-5-7-22)17-32-30(34-28)33-24-8-9-26(31-18-24)35-12-14-40-15-13-35;1-2/h2-9,16-18,21H,1,10-15,19-20H2,(H,32,33,34);1-2H3. The fraction of sp³-hybridized carbons (Fsp3) is 0.344. The third kappa shape index (κ3) is 6.33. The van der Waals surface area contributed by atoms with Crippen LogP contribution in [0.3, 0.4) is 0 Å². The molecule has 1 N–H and O–H groups in total. The SMILES string of the molecule is C=CC(=O)N1CCC(Cn2c(=O)c(-c3ccccc3)cc3cnc(Nc4ccc(N5CCOCC5)nc4)nc32)C1.CC. The van der Waals surface area contributed by atoms with Crippen LogP contribution < -0.4 is 15.8 Å². The van der Waals surface area contributed by atoms with Crippen LogP contribution in [0.2, 0.25) is 0 Å². The van der Waals surface area contributed by atoms with Crippen LogP contribution in [0.5, 0.6) is 0 Å². The third-order valence-electron chi connectivity index (χ3n) is 7.46. The van der Waals surface area contributed by atoms with Crippen LogP contribution in [0.4, 0.5) is 17.5 Å². The number of anilines is 3. The lowest BCUT2D eigenvalue weighted by atomic mass is 10.0. The molecule has 0 bridgehead atoms. The van der Waals surface area contributed by atoms with Gasteiger partial charge in [-0.15, -0.1) is 0 Å². The minimum Gasteiger partial charge on any atom is -0.378 e. The monoisotopic (exact) mass is 567 g/mol. The predicted molar refractivity (Wildman–Crippen MR) is 166 cm³/mol. The second kappa shape index (κ2) is 13.4. The molecule has 5 heterocycles. The van der Waals surface area contributed by atoms with E-state index in [1.54, 1.807) is 21.9 Å². The van der Waals surface area contributed by atoms with Gasteiger partial charge in [-0.05, 0) is 42.2 Å². The van der Waals surface area contributed by atoms with Crippen LogP contribution in [-0.4, -0.2) is 69.7 Å². The molecule has 0 radical (unpaired) electrons. The molecule has 218 valence electrons. The minimum absolute atomic E-state index is 0.0835. The fourth-order valence-corrected chi connectivity index (χ4v) is 5.35. The predicted octanol–water partition coefficient (Wildman–Crippen LogP) is 4.49. The van der Waals surface area contributed by atoms with Crippen LogP contribution in [-0.2, 0) is 16.1 Å². The molecule has 2 saturated heterocycles. The first-order valence-electron chi connectivity index (χ1n) is 14.5. The molecule has 1 atom stereocenters. The summed E-state index contributed by atoms with van der Waals surface area (Å²) in [6, 6.07) is 15.4. The van der Waals surface area contributed by atoms with E-state index in [0.29, 0.717) is 50.0 Å². The number of rotatable bonds is 7. The number of carbonyl (C=O) groups excluding carboxylic acids is 1. The molecular weight excluding hydrogens is 530 g/mol. The van der Waals surface area contributed by atoms with Crippen molar-refractivity contribution < 1.29 is 9.53 Å². The highest BCUT2D eigenvalue weighted by Crippen LogP contribution is 2.25. The number of likely N-dealkylation sites (tertiary alicyclic amines) is 1. The maximum absolute atomic E-state index is 13.9. The Bertz CT molecular complexity index is 1580. The zero-order valence-corrected chi connectivity index (χ0v) is 24.2. The van der Waals surface area contributed by atoms with Crippen molar-refractivity contribution in [2.24, 2.45) is 5.92 Å². The van der Waals surface area contributed by atoms with E-state index in [0.717, 1.165) is 42.0 Å². The van der Waals surface area contributed by atoms with E-state index in [2.05, 4.69) is 26.8 Å². The van der Waals surface area contributed by atoms with E-state index in [4.69, 9.17) is 9.72 Å². The highest BCUT2D eigenvalue weighted by molar-refractivity contribution is 5.87. The van der Waals surface area contributed by atoms with Crippen molar-refractivity contribution in [3.05, 3.63) is 83.9 Å². The number of hydrogen-bond donors (Lipinski definition) is 1. The number of ether oxygens (including phenoxy) is 1. The summed E-state index contributed by atoms with van der Waals surface area (Å²) in [5.41, 5.74) is 2.62. The van der Waals surface area contributed by atoms with Crippen molar-refractivity contribution in [1.82, 2.24) is 24.4 Å². The van der Waals surface area contributed by atoms with Gasteiger partial charge in [0.1, 0.15) is 11.5 Å². The second-order valence-corrected chi connectivity index (χ2v) is 10.1. The number of morpholine rings is 1. The molecule has 0 spiro atoms. The lowest BCUT2D eigenvalue weighted by Crippen LogP contribution is -2.36. The lowest BCUT2D eigenvalue weighted by Gasteiger charge is -2.27. The molecule has 1 unspecified atom stereocenters. The summed E-state index contributed by atoms with van der Waals surface area (Å²) in [5.74, 6) is 1.32. The Kier molecular flexibility index (Phi) is 9.23. The van der Waals surface area contributed by atoms with Gasteiger partial charge in [-0.3, -0.25) is 14.2 Å². The summed E-state index contributed by atoms with van der Waals surface area (Å²) in [6.45, 7) is 12.3. The van der Waals surface area contributed by atoms with Crippen LogP contribution >= 0.6 is 0 Å². The Hall–Kier alpha value is -4.57. The lowest BCUT2D eigenvalue weighted by molar-refractivity contribution is -0.125. The average Bonchev–Trinajstić information content (AvgIpc) is 3.53. The Morgan fingerprint density at radius 1 is 1.07 bits per heavy atom. The number of fused-ring (bicyclic) bond motifs is 1. The van der Waals surface area contributed by atoms with Gasteiger partial charge in [0.15, 0.2) is 0 Å². The summed E-state index contributed by atoms with van der Waals surface area (Å²) < 4.78 is 7.16. The quantitative estimate of drug-likeness (QED) is 0.326. The molecule has 2 fully saturated rings. The molecule has 10 heteroatoms. The van der Waals surface area contributed by atoms with E-state index in [1.807, 2.05) is 62.4 Å². The number of carbonyl (C=O) groups is 1. The van der Waals surface area contributed by atoms with Crippen molar-refractivity contribution in [2.45, 2.75) is 26.8 Å². The number of nitrogens with zero attached hydrogens (tertiary/aromatic N) is 6. The maximum Gasteiger partial charge on any atom is 0.260 e. The number of pyridine rings is 2. The fourth-order valence-electron chi connectivity index (χ4n) is 5.35. The smallest absolute Gasteiger partial charge is 0.260 e. The Morgan fingerprint density at radius 3 is 2.57 bits per heavy atom. The van der Waals surface area contributed by atoms with Gasteiger partial charge in [-0.2, -0.15) is 4.98 Å². The minimum atomic E-state index is -0.117. The van der Waals surface area contributed by atoms with Crippen LogP contribution in [0.25, 0.3) is 22.2 Å². The van der Waals surface area contributed by atoms with Gasteiger partial charge in [0.2, 0.25) is 11.9 Å². The molecule has 2 aliphatic heterocycles. The second-order valence-electron chi connectivity index (χ2n) is 10.1. The van der Waals surface area contributed by atoms with Crippen LogP contribution in [0.15, 0.2) is 78.4 Å². The van der Waals surface area contributed by atoms with Crippen molar-refractivity contribution in [2.75, 3.05) is 49.6 Å². The van der Waals surface area contributed by atoms with Gasteiger partial charge in [0.05, 0.1) is 25.1 Å². The van der Waals surface area contributed by atoms with Gasteiger partial charge in [-0.25, -0.2) is 9.97 Å². The molecule has 2 aliphatic rings. The van der Waals surface area contributed by atoms with Crippen molar-refractivity contribution >= 4 is 34.4 Å². The van der Waals surface area contributed by atoms with Crippen LogP contribution in [0.1, 0.15) is 20.3 Å². The van der Waals surface area contributed by atoms with Gasteiger partial charge in [0, 0.05) is 49.9 Å². The number of amides is 1. The van der Waals surface area contributed by atoms with Crippen LogP contribution in [0, 0.1) is 5.92 Å². The largest absolute Gasteiger partial charge is 0.378 e. The van der Waals surface area contributed by atoms with Gasteiger partial charge in [0.25, 0.3) is 5.56 Å². The summed E-state index contributed by atoms with van der Waals surface area (Å²) in [4.78, 5) is 43.9. The summed E-state index contributed by atoms with van der Waals surface area (Å²) in [6.07, 6.45) is 5.65. The van der Waals surface area contributed by atoms with E-state index in [1.165, 1.54) is 6.08 Å². The Balaban J connectivity index is 0.00000173. The zero-order valence-electron chi connectivity index (χ0n) is 24.2. The third-order valence-corrected chi connectivity index (χ3v) is 7.46. The number of benzene rings is 1. The summed E-state index contributed by atoms with van der Waals surface area (Å²) in [7, 11) is 0. The summed E-state index contributed by atoms with van der Waals surface area (Å²) in [5, 5.41) is 4.00. The van der Waals surface area contributed by atoms with E-state index in [9.17, 15) is 9.59 Å². The topological polar surface area (TPSA) is 105 Å². The first-order valence-corrected chi connectivity index (χ1v) is 14.5. The van der Waals surface area contributed by atoms with E-state index in [-0.39, 0.29) is 17.4 Å². The van der Waals surface area contributed by atoms with Crippen molar-refractivity contribution in [3.63, 3.8) is 0 Å². The molecule has 42 heavy (non-hydrogen) atoms. The van der Waals surface area contributed by atoms with Gasteiger partial charge in [-0.1, -0.05) is 50.8 Å². The van der Waals surface area contributed by atoms with Gasteiger partial charge >= 0.3 is 0 Å². The Morgan fingerprint density at radius 2 is 1.86 bits per heavy atom. The van der Waals surface area contributed by atoms with Crippen molar-refractivity contribution in [1.29, 1.82) is 0 Å². The van der Waals surface area contributed by atoms with Crippen molar-refractivity contribution in [3.8, 4) is 11.1 Å².